The summed E-state index contributed by atoms with van der Waals surface area (Å²) >= 11 is 0. The summed E-state index contributed by atoms with van der Waals surface area (Å²) in [5, 5.41) is 7.00. The molecule has 0 N–H and O–H groups in total. The van der Waals surface area contributed by atoms with Crippen molar-refractivity contribution in [1.82, 2.24) is 14.6 Å². The lowest BCUT2D eigenvalue weighted by molar-refractivity contribution is -0.137. The first kappa shape index (κ1) is 11.4. The molecule has 2 aromatic heterocycles. The maximum Gasteiger partial charge on any atom is 0.417 e. The highest BCUT2D eigenvalue weighted by Crippen LogP contribution is 2.30. The molecule has 0 unspecified atom stereocenters. The molecule has 0 fully saturated rings. The number of hydrogen-bond acceptors (Lipinski definition) is 4. The van der Waals surface area contributed by atoms with Gasteiger partial charge >= 0.3 is 12.1 Å². The molecule has 17 heavy (non-hydrogen) atoms. The van der Waals surface area contributed by atoms with Gasteiger partial charge in [0.2, 0.25) is 0 Å². The van der Waals surface area contributed by atoms with Gasteiger partial charge in [0.1, 0.15) is 11.9 Å². The van der Waals surface area contributed by atoms with Crippen molar-refractivity contribution in [2.45, 2.75) is 6.18 Å². The third kappa shape index (κ3) is 1.93. The average Bonchev–Trinajstić information content (AvgIpc) is 2.73. The zero-order valence-corrected chi connectivity index (χ0v) is 8.52. The van der Waals surface area contributed by atoms with Crippen LogP contribution in [0.1, 0.15) is 15.9 Å². The molecule has 0 amide bonds. The van der Waals surface area contributed by atoms with Crippen LogP contribution in [0.3, 0.4) is 0 Å². The minimum atomic E-state index is -4.55. The van der Waals surface area contributed by atoms with Crippen LogP contribution < -0.4 is 0 Å². The van der Waals surface area contributed by atoms with E-state index in [2.05, 4.69) is 14.9 Å². The smallest absolute Gasteiger partial charge is 0.417 e. The number of esters is 1. The summed E-state index contributed by atoms with van der Waals surface area (Å²) in [6.45, 7) is 0. The Labute approximate surface area is 92.8 Å². The lowest BCUT2D eigenvalue weighted by Crippen LogP contribution is -2.11. The number of alkyl halides is 3. The molecule has 2 rings (SSSR count). The van der Waals surface area contributed by atoms with Crippen molar-refractivity contribution in [2.24, 2.45) is 0 Å². The first-order valence-corrected chi connectivity index (χ1v) is 4.42. The van der Waals surface area contributed by atoms with E-state index >= 15 is 0 Å². The van der Waals surface area contributed by atoms with Crippen molar-refractivity contribution in [3.05, 3.63) is 29.7 Å². The van der Waals surface area contributed by atoms with E-state index in [1.165, 1.54) is 0 Å². The number of hydrogen-bond donors (Lipinski definition) is 0. The molecule has 0 saturated heterocycles. The monoisotopic (exact) mass is 245 g/mol. The summed E-state index contributed by atoms with van der Waals surface area (Å²) in [5.74, 6) is -0.894. The molecule has 90 valence electrons. The van der Waals surface area contributed by atoms with Gasteiger partial charge < -0.3 is 4.74 Å². The zero-order valence-electron chi connectivity index (χ0n) is 8.52. The lowest BCUT2D eigenvalue weighted by Gasteiger charge is -2.09. The molecule has 0 radical (unpaired) electrons. The SMILES string of the molecule is COC(=O)c1cc(C(F)(F)F)cn2cnnc12. The standard InChI is InChI=1S/C9H6F3N3O2/c1-17-8(16)6-2-5(9(10,11)12)3-15-4-13-14-7(6)15/h2-4H,1H3. The van der Waals surface area contributed by atoms with Crippen molar-refractivity contribution in [1.29, 1.82) is 0 Å². The number of carbonyl (C=O) groups excluding carboxylic acids is 1. The maximum atomic E-state index is 12.6. The molecule has 0 spiro atoms. The highest BCUT2D eigenvalue weighted by Gasteiger charge is 2.33. The molecular formula is C9H6F3N3O2. The molecule has 0 aliphatic carbocycles. The number of carbonyl (C=O) groups is 1. The number of fused-ring (bicyclic) bond motifs is 1. The van der Waals surface area contributed by atoms with E-state index in [4.69, 9.17) is 0 Å². The zero-order chi connectivity index (χ0) is 12.6. The first-order chi connectivity index (χ1) is 7.93. The van der Waals surface area contributed by atoms with Crippen molar-refractivity contribution in [3.8, 4) is 0 Å². The van der Waals surface area contributed by atoms with Gasteiger partial charge in [-0.25, -0.2) is 4.79 Å². The van der Waals surface area contributed by atoms with Crippen LogP contribution >= 0.6 is 0 Å². The first-order valence-electron chi connectivity index (χ1n) is 4.42. The van der Waals surface area contributed by atoms with Crippen molar-refractivity contribution < 1.29 is 22.7 Å². The van der Waals surface area contributed by atoms with E-state index in [0.29, 0.717) is 6.07 Å². The Balaban J connectivity index is 2.71. The summed E-state index contributed by atoms with van der Waals surface area (Å²) in [6.07, 6.45) is -2.67. The second-order valence-corrected chi connectivity index (χ2v) is 3.19. The Hall–Kier alpha value is -2.12. The minimum Gasteiger partial charge on any atom is -0.465 e. The van der Waals surface area contributed by atoms with Gasteiger partial charge in [-0.15, -0.1) is 10.2 Å². The molecule has 0 atom stereocenters. The van der Waals surface area contributed by atoms with Crippen LogP contribution in [0.2, 0.25) is 0 Å². The Morgan fingerprint density at radius 1 is 1.47 bits per heavy atom. The normalized spacial score (nSPS) is 11.8. The Bertz CT molecular complexity index is 576. The second kappa shape index (κ2) is 3.72. The van der Waals surface area contributed by atoms with Crippen LogP contribution in [0.5, 0.6) is 0 Å². The molecule has 5 nitrogen and oxygen atoms in total. The van der Waals surface area contributed by atoms with E-state index in [1.807, 2.05) is 0 Å². The molecule has 0 aromatic carbocycles. The molecule has 8 heteroatoms. The van der Waals surface area contributed by atoms with Crippen LogP contribution in [0.15, 0.2) is 18.6 Å². The predicted molar refractivity (Wildman–Crippen MR) is 49.3 cm³/mol. The summed E-state index contributed by atoms with van der Waals surface area (Å²) in [5.41, 5.74) is -1.23. The van der Waals surface area contributed by atoms with Gasteiger partial charge in [-0.3, -0.25) is 4.40 Å². The van der Waals surface area contributed by atoms with Gasteiger partial charge in [0.15, 0.2) is 5.65 Å². The van der Waals surface area contributed by atoms with Gasteiger partial charge in [-0.05, 0) is 6.07 Å². The second-order valence-electron chi connectivity index (χ2n) is 3.19. The van der Waals surface area contributed by atoms with Crippen LogP contribution in [-0.4, -0.2) is 27.7 Å². The number of halogens is 3. The fourth-order valence-corrected chi connectivity index (χ4v) is 1.35. The van der Waals surface area contributed by atoms with Crippen LogP contribution in [-0.2, 0) is 10.9 Å². The summed E-state index contributed by atoms with van der Waals surface area (Å²) in [6, 6.07) is 0.690. The molecule has 0 saturated carbocycles. The van der Waals surface area contributed by atoms with Gasteiger partial charge in [-0.2, -0.15) is 13.2 Å². The van der Waals surface area contributed by atoms with Crippen LogP contribution in [0, 0.1) is 0 Å². The van der Waals surface area contributed by atoms with E-state index in [0.717, 1.165) is 24.0 Å². The quantitative estimate of drug-likeness (QED) is 0.715. The minimum absolute atomic E-state index is 0.0184. The summed E-state index contributed by atoms with van der Waals surface area (Å²) < 4.78 is 43.1. The topological polar surface area (TPSA) is 56.5 Å². The number of methoxy groups -OCH3 is 1. The van der Waals surface area contributed by atoms with Gasteiger partial charge in [-0.1, -0.05) is 0 Å². The van der Waals surface area contributed by atoms with Gasteiger partial charge in [0.05, 0.1) is 12.7 Å². The molecule has 2 heterocycles. The number of ether oxygens (including phenoxy) is 1. The van der Waals surface area contributed by atoms with Crippen LogP contribution in [0.25, 0.3) is 5.65 Å². The Kier molecular flexibility index (Phi) is 2.49. The van der Waals surface area contributed by atoms with Crippen molar-refractivity contribution in [2.75, 3.05) is 7.11 Å². The third-order valence-electron chi connectivity index (χ3n) is 2.12. The molecule has 0 bridgehead atoms. The summed E-state index contributed by atoms with van der Waals surface area (Å²) in [7, 11) is 1.08. The average molecular weight is 245 g/mol. The predicted octanol–water partition coefficient (Wildman–Crippen LogP) is 1.53. The number of rotatable bonds is 1. The van der Waals surface area contributed by atoms with E-state index in [9.17, 15) is 18.0 Å². The van der Waals surface area contributed by atoms with E-state index < -0.39 is 17.7 Å². The number of aromatic nitrogens is 3. The fraction of sp³-hybridized carbons (Fsp3) is 0.222. The lowest BCUT2D eigenvalue weighted by atomic mass is 10.2. The van der Waals surface area contributed by atoms with E-state index in [1.54, 1.807) is 0 Å². The Morgan fingerprint density at radius 3 is 2.76 bits per heavy atom. The van der Waals surface area contributed by atoms with Crippen molar-refractivity contribution in [3.63, 3.8) is 0 Å². The summed E-state index contributed by atoms with van der Waals surface area (Å²) in [4.78, 5) is 11.3. The molecule has 0 aliphatic heterocycles. The van der Waals surface area contributed by atoms with Gasteiger partial charge in [0.25, 0.3) is 0 Å². The number of nitrogens with zero attached hydrogens (tertiary/aromatic N) is 3. The number of pyridine rings is 1. The maximum absolute atomic E-state index is 12.6. The van der Waals surface area contributed by atoms with Crippen molar-refractivity contribution >= 4 is 11.6 Å². The highest BCUT2D eigenvalue weighted by molar-refractivity contribution is 5.95. The fourth-order valence-electron chi connectivity index (χ4n) is 1.35. The van der Waals surface area contributed by atoms with Crippen LogP contribution in [0.4, 0.5) is 13.2 Å². The molecular weight excluding hydrogens is 239 g/mol. The largest absolute Gasteiger partial charge is 0.465 e. The van der Waals surface area contributed by atoms with Gasteiger partial charge in [0, 0.05) is 6.20 Å². The Morgan fingerprint density at radius 2 is 2.18 bits per heavy atom. The van der Waals surface area contributed by atoms with E-state index in [-0.39, 0.29) is 11.2 Å². The molecule has 0 aliphatic rings. The molecule has 2 aromatic rings. The third-order valence-corrected chi connectivity index (χ3v) is 2.12. The highest BCUT2D eigenvalue weighted by atomic mass is 19.4.